The van der Waals surface area contributed by atoms with Gasteiger partial charge < -0.3 is 5.32 Å². The fourth-order valence-corrected chi connectivity index (χ4v) is 1.49. The number of hydrogen-bond acceptors (Lipinski definition) is 1. The van der Waals surface area contributed by atoms with Crippen LogP contribution >= 0.6 is 0 Å². The van der Waals surface area contributed by atoms with Gasteiger partial charge in [-0.2, -0.15) is 0 Å². The monoisotopic (exact) mass is 193 g/mol. The van der Waals surface area contributed by atoms with E-state index in [9.17, 15) is 0 Å². The highest BCUT2D eigenvalue weighted by atomic mass is 14.9. The van der Waals surface area contributed by atoms with Crippen LogP contribution in [0.25, 0.3) is 0 Å². The van der Waals surface area contributed by atoms with Crippen molar-refractivity contribution in [1.82, 2.24) is 5.32 Å². The molecule has 0 aromatic heterocycles. The Morgan fingerprint density at radius 1 is 1.50 bits per heavy atom. The summed E-state index contributed by atoms with van der Waals surface area (Å²) in [6.45, 7) is 16.1. The second kappa shape index (κ2) is 7.57. The summed E-state index contributed by atoms with van der Waals surface area (Å²) in [4.78, 5) is 0. The van der Waals surface area contributed by atoms with Crippen molar-refractivity contribution in [3.63, 3.8) is 0 Å². The molecule has 0 saturated carbocycles. The van der Waals surface area contributed by atoms with Crippen LogP contribution < -0.4 is 5.32 Å². The van der Waals surface area contributed by atoms with E-state index in [2.05, 4.69) is 25.4 Å². The number of rotatable bonds is 3. The van der Waals surface area contributed by atoms with Gasteiger partial charge in [0, 0.05) is 6.54 Å². The second-order valence-electron chi connectivity index (χ2n) is 3.09. The lowest BCUT2D eigenvalue weighted by molar-refractivity contribution is 0.687. The number of hydrogen-bond donors (Lipinski definition) is 1. The molecule has 0 aromatic carbocycles. The average molecular weight is 193 g/mol. The quantitative estimate of drug-likeness (QED) is 0.724. The standard InChI is InChI=1S/C11H17N.C2H6/c1-4-9(3)11-8-12-7-6-10(11)5-2;1-2/h5,12H,2-4,6-8H2,1H3;1-2H3. The minimum atomic E-state index is 0.966. The zero-order chi connectivity index (χ0) is 11.0. The maximum absolute atomic E-state index is 4.05. The van der Waals surface area contributed by atoms with Crippen molar-refractivity contribution in [2.24, 2.45) is 0 Å². The normalized spacial score (nSPS) is 15.6. The SMILES string of the molecule is C=CC1=C(C(=C)CC)CNCC1.CC. The van der Waals surface area contributed by atoms with Gasteiger partial charge in [-0.3, -0.25) is 0 Å². The Kier molecular flexibility index (Phi) is 7.13. The second-order valence-corrected chi connectivity index (χ2v) is 3.09. The maximum atomic E-state index is 4.05. The van der Waals surface area contributed by atoms with Crippen LogP contribution in [-0.2, 0) is 0 Å². The molecule has 80 valence electrons. The fraction of sp³-hybridized carbons (Fsp3) is 0.538. The summed E-state index contributed by atoms with van der Waals surface area (Å²) in [7, 11) is 0. The average Bonchev–Trinajstić information content (AvgIpc) is 2.30. The van der Waals surface area contributed by atoms with Gasteiger partial charge in [-0.1, -0.05) is 45.6 Å². The van der Waals surface area contributed by atoms with Crippen molar-refractivity contribution >= 4 is 0 Å². The van der Waals surface area contributed by atoms with Crippen LogP contribution in [0.3, 0.4) is 0 Å². The molecule has 0 amide bonds. The largest absolute Gasteiger partial charge is 0.312 e. The maximum Gasteiger partial charge on any atom is 0.0210 e. The van der Waals surface area contributed by atoms with Gasteiger partial charge >= 0.3 is 0 Å². The molecule has 0 radical (unpaired) electrons. The predicted octanol–water partition coefficient (Wildman–Crippen LogP) is 3.45. The third-order valence-electron chi connectivity index (χ3n) is 2.36. The Hall–Kier alpha value is -0.820. The van der Waals surface area contributed by atoms with E-state index in [-0.39, 0.29) is 0 Å². The van der Waals surface area contributed by atoms with Gasteiger partial charge in [0.05, 0.1) is 0 Å². The van der Waals surface area contributed by atoms with Crippen molar-refractivity contribution in [2.75, 3.05) is 13.1 Å². The van der Waals surface area contributed by atoms with E-state index in [1.165, 1.54) is 16.7 Å². The van der Waals surface area contributed by atoms with Gasteiger partial charge in [-0.05, 0) is 30.5 Å². The van der Waals surface area contributed by atoms with Crippen molar-refractivity contribution < 1.29 is 0 Å². The highest BCUT2D eigenvalue weighted by molar-refractivity contribution is 5.40. The van der Waals surface area contributed by atoms with Crippen molar-refractivity contribution in [2.45, 2.75) is 33.6 Å². The van der Waals surface area contributed by atoms with E-state index >= 15 is 0 Å². The Morgan fingerprint density at radius 2 is 2.14 bits per heavy atom. The first-order valence-electron chi connectivity index (χ1n) is 5.53. The Bertz CT molecular complexity index is 223. The third-order valence-corrected chi connectivity index (χ3v) is 2.36. The summed E-state index contributed by atoms with van der Waals surface area (Å²) in [5.41, 5.74) is 4.00. The number of allylic oxidation sites excluding steroid dienone is 1. The van der Waals surface area contributed by atoms with Crippen LogP contribution in [0, 0.1) is 0 Å². The molecule has 0 bridgehead atoms. The van der Waals surface area contributed by atoms with E-state index in [1.807, 2.05) is 19.9 Å². The Labute approximate surface area is 88.6 Å². The smallest absolute Gasteiger partial charge is 0.0210 e. The molecule has 1 aliphatic heterocycles. The number of nitrogens with one attached hydrogen (secondary N) is 1. The zero-order valence-corrected chi connectivity index (χ0v) is 9.82. The van der Waals surface area contributed by atoms with E-state index in [0.29, 0.717) is 0 Å². The molecule has 0 fully saturated rings. The molecule has 0 aliphatic carbocycles. The summed E-state index contributed by atoms with van der Waals surface area (Å²) < 4.78 is 0. The molecule has 0 unspecified atom stereocenters. The Morgan fingerprint density at radius 3 is 2.64 bits per heavy atom. The summed E-state index contributed by atoms with van der Waals surface area (Å²) >= 11 is 0. The molecule has 1 nitrogen and oxygen atoms in total. The van der Waals surface area contributed by atoms with Crippen LogP contribution in [0.2, 0.25) is 0 Å². The molecule has 0 saturated heterocycles. The molecule has 1 aliphatic rings. The van der Waals surface area contributed by atoms with E-state index in [4.69, 9.17) is 0 Å². The fourth-order valence-electron chi connectivity index (χ4n) is 1.49. The van der Waals surface area contributed by atoms with Gasteiger partial charge in [-0.15, -0.1) is 0 Å². The molecule has 1 heteroatoms. The summed E-state index contributed by atoms with van der Waals surface area (Å²) in [5, 5.41) is 3.35. The van der Waals surface area contributed by atoms with Gasteiger partial charge in [0.25, 0.3) is 0 Å². The third kappa shape index (κ3) is 3.51. The van der Waals surface area contributed by atoms with Crippen molar-refractivity contribution in [3.05, 3.63) is 36.0 Å². The first-order valence-corrected chi connectivity index (χ1v) is 5.53. The molecule has 1 rings (SSSR count). The van der Waals surface area contributed by atoms with Crippen LogP contribution in [-0.4, -0.2) is 13.1 Å². The lowest BCUT2D eigenvalue weighted by Crippen LogP contribution is -2.25. The molecular weight excluding hydrogens is 170 g/mol. The van der Waals surface area contributed by atoms with Gasteiger partial charge in [0.1, 0.15) is 0 Å². The zero-order valence-electron chi connectivity index (χ0n) is 9.82. The van der Waals surface area contributed by atoms with Crippen LogP contribution in [0.15, 0.2) is 36.0 Å². The molecule has 1 N–H and O–H groups in total. The minimum absolute atomic E-state index is 0.966. The van der Waals surface area contributed by atoms with Crippen LogP contribution in [0.1, 0.15) is 33.6 Å². The minimum Gasteiger partial charge on any atom is -0.312 e. The van der Waals surface area contributed by atoms with Crippen LogP contribution in [0.4, 0.5) is 0 Å². The molecule has 1 heterocycles. The van der Waals surface area contributed by atoms with Gasteiger partial charge in [0.15, 0.2) is 0 Å². The van der Waals surface area contributed by atoms with Gasteiger partial charge in [0.2, 0.25) is 0 Å². The van der Waals surface area contributed by atoms with E-state index in [1.54, 1.807) is 0 Å². The molecule has 14 heavy (non-hydrogen) atoms. The van der Waals surface area contributed by atoms with E-state index in [0.717, 1.165) is 25.9 Å². The first-order chi connectivity index (χ1) is 6.79. The van der Waals surface area contributed by atoms with E-state index < -0.39 is 0 Å². The van der Waals surface area contributed by atoms with Crippen molar-refractivity contribution in [3.8, 4) is 0 Å². The summed E-state index contributed by atoms with van der Waals surface area (Å²) in [6.07, 6.45) is 4.10. The lowest BCUT2D eigenvalue weighted by atomic mass is 9.94. The summed E-state index contributed by atoms with van der Waals surface area (Å²) in [6, 6.07) is 0. The molecule has 0 aromatic rings. The molecular formula is C13H23N. The molecule has 0 atom stereocenters. The highest BCUT2D eigenvalue weighted by Gasteiger charge is 2.10. The summed E-state index contributed by atoms with van der Waals surface area (Å²) in [5.74, 6) is 0. The van der Waals surface area contributed by atoms with Crippen LogP contribution in [0.5, 0.6) is 0 Å². The topological polar surface area (TPSA) is 12.0 Å². The Balaban J connectivity index is 0.000000791. The predicted molar refractivity (Wildman–Crippen MR) is 65.5 cm³/mol. The first kappa shape index (κ1) is 13.2. The lowest BCUT2D eigenvalue weighted by Gasteiger charge is -2.20. The van der Waals surface area contributed by atoms with Gasteiger partial charge in [-0.25, -0.2) is 0 Å². The van der Waals surface area contributed by atoms with Crippen molar-refractivity contribution in [1.29, 1.82) is 0 Å². The molecule has 0 spiro atoms. The highest BCUT2D eigenvalue weighted by Crippen LogP contribution is 2.21.